The maximum atomic E-state index is 12.5. The van der Waals surface area contributed by atoms with Crippen molar-refractivity contribution in [3.05, 3.63) is 83.0 Å². The summed E-state index contributed by atoms with van der Waals surface area (Å²) in [5.74, 6) is -1.89. The predicted molar refractivity (Wildman–Crippen MR) is 123 cm³/mol. The molecular formula is C25H18BrNO4. The number of ketones is 1. The molecule has 0 aliphatic heterocycles. The van der Waals surface area contributed by atoms with Crippen LogP contribution in [0.1, 0.15) is 23.3 Å². The van der Waals surface area contributed by atoms with E-state index in [1.54, 1.807) is 6.07 Å². The molecular weight excluding hydrogens is 458 g/mol. The van der Waals surface area contributed by atoms with Gasteiger partial charge in [0, 0.05) is 12.0 Å². The summed E-state index contributed by atoms with van der Waals surface area (Å²) in [5, 5.41) is 21.2. The minimum absolute atomic E-state index is 0.137. The number of rotatable bonds is 6. The van der Waals surface area contributed by atoms with E-state index in [9.17, 15) is 14.7 Å². The summed E-state index contributed by atoms with van der Waals surface area (Å²) in [4.78, 5) is 27.7. The van der Waals surface area contributed by atoms with Crippen LogP contribution in [0.3, 0.4) is 0 Å². The Balaban J connectivity index is 1.86. The van der Waals surface area contributed by atoms with Gasteiger partial charge in [-0.1, -0.05) is 66.7 Å². The Bertz CT molecular complexity index is 1300. The van der Waals surface area contributed by atoms with Crippen molar-refractivity contribution in [3.63, 3.8) is 0 Å². The van der Waals surface area contributed by atoms with Crippen LogP contribution in [0.15, 0.2) is 77.3 Å². The van der Waals surface area contributed by atoms with E-state index in [2.05, 4.69) is 33.0 Å². The van der Waals surface area contributed by atoms with Crippen molar-refractivity contribution in [1.29, 1.82) is 0 Å². The Labute approximate surface area is 187 Å². The van der Waals surface area contributed by atoms with Gasteiger partial charge in [0.05, 0.1) is 16.6 Å². The van der Waals surface area contributed by atoms with Gasteiger partial charge in [0.25, 0.3) is 0 Å². The summed E-state index contributed by atoms with van der Waals surface area (Å²) in [6.45, 7) is 0. The molecule has 4 rings (SSSR count). The molecule has 3 aromatic carbocycles. The lowest BCUT2D eigenvalue weighted by atomic mass is 9.93. The van der Waals surface area contributed by atoms with E-state index < -0.39 is 11.8 Å². The molecule has 1 aromatic heterocycles. The second-order valence-corrected chi connectivity index (χ2v) is 7.93. The highest BCUT2D eigenvalue weighted by Gasteiger charge is 2.20. The average Bonchev–Trinajstić information content (AvgIpc) is 2.79. The zero-order valence-electron chi connectivity index (χ0n) is 16.4. The van der Waals surface area contributed by atoms with Crippen LogP contribution in [0, 0.1) is 0 Å². The molecule has 0 aliphatic rings. The molecule has 0 bridgehead atoms. The van der Waals surface area contributed by atoms with Gasteiger partial charge in [0.15, 0.2) is 11.5 Å². The Morgan fingerprint density at radius 2 is 1.45 bits per heavy atom. The highest BCUT2D eigenvalue weighted by molar-refractivity contribution is 9.10. The second kappa shape index (κ2) is 8.70. The van der Waals surface area contributed by atoms with E-state index in [1.807, 2.05) is 54.6 Å². The lowest BCUT2D eigenvalue weighted by molar-refractivity contribution is -0.136. The number of carbonyl (C=O) groups is 2. The highest BCUT2D eigenvalue weighted by Crippen LogP contribution is 2.38. The SMILES string of the molecule is O=C(O)CCC(=O)c1nc(-c2ccc(-c3ccccc3)c3ccccc23)cc(Br)c1O. The summed E-state index contributed by atoms with van der Waals surface area (Å²) in [5.41, 5.74) is 3.36. The maximum Gasteiger partial charge on any atom is 0.303 e. The summed E-state index contributed by atoms with van der Waals surface area (Å²) in [6.07, 6.45) is -0.560. The second-order valence-electron chi connectivity index (χ2n) is 7.08. The normalized spacial score (nSPS) is 10.9. The van der Waals surface area contributed by atoms with Crippen LogP contribution in [0.25, 0.3) is 33.2 Å². The summed E-state index contributed by atoms with van der Waals surface area (Å²) < 4.78 is 0.326. The number of carboxylic acids is 1. The molecule has 4 aromatic rings. The van der Waals surface area contributed by atoms with Crippen LogP contribution in [0.2, 0.25) is 0 Å². The maximum absolute atomic E-state index is 12.5. The Kier molecular flexibility index (Phi) is 5.82. The number of carbonyl (C=O) groups excluding carboxylic acids is 1. The van der Waals surface area contributed by atoms with Crippen LogP contribution in [0.5, 0.6) is 5.75 Å². The number of carboxylic acid groups (broad SMARTS) is 1. The van der Waals surface area contributed by atoms with Crippen molar-refractivity contribution in [2.45, 2.75) is 12.8 Å². The highest BCUT2D eigenvalue weighted by atomic mass is 79.9. The quantitative estimate of drug-likeness (QED) is 0.329. The molecule has 1 heterocycles. The molecule has 0 radical (unpaired) electrons. The van der Waals surface area contributed by atoms with Gasteiger partial charge in [-0.05, 0) is 43.9 Å². The van der Waals surface area contributed by atoms with E-state index in [4.69, 9.17) is 5.11 Å². The van der Waals surface area contributed by atoms with Crippen molar-refractivity contribution in [2.24, 2.45) is 0 Å². The number of benzene rings is 3. The van der Waals surface area contributed by atoms with Crippen LogP contribution in [-0.4, -0.2) is 26.9 Å². The van der Waals surface area contributed by atoms with Gasteiger partial charge in [-0.25, -0.2) is 4.98 Å². The van der Waals surface area contributed by atoms with Gasteiger partial charge < -0.3 is 10.2 Å². The standard InChI is InChI=1S/C25H18BrNO4/c26-20-14-21(27-24(25(20)31)22(28)12-13-23(29)30)19-11-10-16(15-6-2-1-3-7-15)17-8-4-5-9-18(17)19/h1-11,14,31H,12-13H2,(H,29,30). The third-order valence-electron chi connectivity index (χ3n) is 5.06. The van der Waals surface area contributed by atoms with E-state index in [0.717, 1.165) is 27.5 Å². The van der Waals surface area contributed by atoms with Crippen LogP contribution < -0.4 is 0 Å². The topological polar surface area (TPSA) is 87.5 Å². The molecule has 6 heteroatoms. The first-order chi connectivity index (χ1) is 15.0. The molecule has 0 spiro atoms. The molecule has 0 saturated carbocycles. The Hall–Kier alpha value is -3.51. The third-order valence-corrected chi connectivity index (χ3v) is 5.67. The number of Topliss-reactive ketones (excluding diaryl/α,β-unsaturated/α-hetero) is 1. The summed E-state index contributed by atoms with van der Waals surface area (Å²) in [6, 6.07) is 23.6. The zero-order chi connectivity index (χ0) is 22.0. The molecule has 31 heavy (non-hydrogen) atoms. The first kappa shape index (κ1) is 20.8. The summed E-state index contributed by atoms with van der Waals surface area (Å²) in [7, 11) is 0. The monoisotopic (exact) mass is 475 g/mol. The van der Waals surface area contributed by atoms with Crippen molar-refractivity contribution in [3.8, 4) is 28.1 Å². The third kappa shape index (κ3) is 4.20. The van der Waals surface area contributed by atoms with Gasteiger partial charge in [-0.15, -0.1) is 0 Å². The van der Waals surface area contributed by atoms with Gasteiger partial charge >= 0.3 is 5.97 Å². The fraction of sp³-hybridized carbons (Fsp3) is 0.0800. The fourth-order valence-electron chi connectivity index (χ4n) is 3.57. The van der Waals surface area contributed by atoms with E-state index >= 15 is 0 Å². The van der Waals surface area contributed by atoms with Crippen molar-refractivity contribution >= 4 is 38.5 Å². The van der Waals surface area contributed by atoms with Gasteiger partial charge in [-0.3, -0.25) is 9.59 Å². The first-order valence-corrected chi connectivity index (χ1v) is 10.5. The number of hydrogen-bond donors (Lipinski definition) is 2. The smallest absolute Gasteiger partial charge is 0.303 e. The summed E-state index contributed by atoms with van der Waals surface area (Å²) >= 11 is 3.30. The largest absolute Gasteiger partial charge is 0.504 e. The number of halogens is 1. The van der Waals surface area contributed by atoms with E-state index in [1.165, 1.54) is 0 Å². The fourth-order valence-corrected chi connectivity index (χ4v) is 3.97. The predicted octanol–water partition coefficient (Wildman–Crippen LogP) is 6.08. The average molecular weight is 476 g/mol. The molecule has 0 fully saturated rings. The minimum Gasteiger partial charge on any atom is -0.504 e. The molecule has 0 aliphatic carbocycles. The molecule has 2 N–H and O–H groups in total. The molecule has 0 unspecified atom stereocenters. The number of nitrogens with zero attached hydrogens (tertiary/aromatic N) is 1. The van der Waals surface area contributed by atoms with Crippen LogP contribution in [0.4, 0.5) is 0 Å². The lowest BCUT2D eigenvalue weighted by Crippen LogP contribution is -2.07. The van der Waals surface area contributed by atoms with E-state index in [-0.39, 0.29) is 24.3 Å². The molecule has 154 valence electrons. The number of aromatic nitrogens is 1. The molecule has 5 nitrogen and oxygen atoms in total. The van der Waals surface area contributed by atoms with Gasteiger partial charge in [0.2, 0.25) is 0 Å². The number of fused-ring (bicyclic) bond motifs is 1. The molecule has 0 saturated heterocycles. The Morgan fingerprint density at radius 3 is 2.13 bits per heavy atom. The molecule has 0 atom stereocenters. The number of hydrogen-bond acceptors (Lipinski definition) is 4. The van der Waals surface area contributed by atoms with Crippen molar-refractivity contribution in [2.75, 3.05) is 0 Å². The minimum atomic E-state index is -1.08. The Morgan fingerprint density at radius 1 is 0.839 bits per heavy atom. The van der Waals surface area contributed by atoms with Gasteiger partial charge in [-0.2, -0.15) is 0 Å². The number of aliphatic carboxylic acids is 1. The first-order valence-electron chi connectivity index (χ1n) is 9.67. The lowest BCUT2D eigenvalue weighted by Gasteiger charge is -2.13. The van der Waals surface area contributed by atoms with Crippen LogP contribution in [-0.2, 0) is 4.79 Å². The molecule has 0 amide bonds. The van der Waals surface area contributed by atoms with Gasteiger partial charge in [0.1, 0.15) is 5.69 Å². The number of pyridine rings is 1. The van der Waals surface area contributed by atoms with Crippen molar-refractivity contribution < 1.29 is 19.8 Å². The van der Waals surface area contributed by atoms with Crippen LogP contribution >= 0.6 is 15.9 Å². The number of aromatic hydroxyl groups is 1. The van der Waals surface area contributed by atoms with E-state index in [0.29, 0.717) is 10.2 Å². The zero-order valence-corrected chi connectivity index (χ0v) is 18.0. The van der Waals surface area contributed by atoms with Crippen molar-refractivity contribution in [1.82, 2.24) is 4.98 Å².